The standard InChI is InChI=1S/C8H18N2O4S/c1-14-7(6-9)5-8(11)10-3-4-15(2,12)13/h7H,3-6,9H2,1-2H3,(H,10,11). The number of nitrogens with two attached hydrogens (primary N) is 1. The fourth-order valence-corrected chi connectivity index (χ4v) is 1.39. The lowest BCUT2D eigenvalue weighted by molar-refractivity contribution is -0.123. The Morgan fingerprint density at radius 2 is 2.13 bits per heavy atom. The molecule has 0 fully saturated rings. The zero-order chi connectivity index (χ0) is 11.9. The van der Waals surface area contributed by atoms with Gasteiger partial charge in [-0.15, -0.1) is 0 Å². The number of hydrogen-bond acceptors (Lipinski definition) is 5. The molecule has 6 nitrogen and oxygen atoms in total. The lowest BCUT2D eigenvalue weighted by atomic mass is 10.2. The number of methoxy groups -OCH3 is 1. The van der Waals surface area contributed by atoms with Crippen LogP contribution < -0.4 is 11.1 Å². The van der Waals surface area contributed by atoms with Crippen LogP contribution in [0.5, 0.6) is 0 Å². The minimum Gasteiger partial charge on any atom is -0.380 e. The monoisotopic (exact) mass is 238 g/mol. The smallest absolute Gasteiger partial charge is 0.222 e. The Morgan fingerprint density at radius 3 is 2.53 bits per heavy atom. The van der Waals surface area contributed by atoms with Crippen molar-refractivity contribution >= 4 is 15.7 Å². The van der Waals surface area contributed by atoms with E-state index < -0.39 is 9.84 Å². The van der Waals surface area contributed by atoms with Gasteiger partial charge < -0.3 is 15.8 Å². The van der Waals surface area contributed by atoms with Gasteiger partial charge in [0.2, 0.25) is 5.91 Å². The second-order valence-electron chi connectivity index (χ2n) is 3.28. The molecule has 0 aliphatic carbocycles. The zero-order valence-corrected chi connectivity index (χ0v) is 9.84. The van der Waals surface area contributed by atoms with Gasteiger partial charge in [-0.2, -0.15) is 0 Å². The molecule has 1 unspecified atom stereocenters. The first kappa shape index (κ1) is 14.3. The number of amides is 1. The van der Waals surface area contributed by atoms with E-state index in [0.717, 1.165) is 6.26 Å². The lowest BCUT2D eigenvalue weighted by Gasteiger charge is -2.12. The van der Waals surface area contributed by atoms with Gasteiger partial charge in [0.25, 0.3) is 0 Å². The number of rotatable bonds is 7. The lowest BCUT2D eigenvalue weighted by Crippen LogP contribution is -2.34. The predicted octanol–water partition coefficient (Wildman–Crippen LogP) is -1.49. The van der Waals surface area contributed by atoms with Gasteiger partial charge in [-0.3, -0.25) is 4.79 Å². The van der Waals surface area contributed by atoms with Gasteiger partial charge >= 0.3 is 0 Å². The van der Waals surface area contributed by atoms with Crippen LogP contribution in [0, 0.1) is 0 Å². The molecule has 90 valence electrons. The molecule has 0 bridgehead atoms. The highest BCUT2D eigenvalue weighted by Gasteiger charge is 2.11. The van der Waals surface area contributed by atoms with Crippen molar-refractivity contribution < 1.29 is 17.9 Å². The van der Waals surface area contributed by atoms with Crippen molar-refractivity contribution in [1.29, 1.82) is 0 Å². The van der Waals surface area contributed by atoms with Crippen molar-refractivity contribution in [1.82, 2.24) is 5.32 Å². The van der Waals surface area contributed by atoms with Crippen LogP contribution in [0.25, 0.3) is 0 Å². The summed E-state index contributed by atoms with van der Waals surface area (Å²) in [5, 5.41) is 2.48. The first-order valence-electron chi connectivity index (χ1n) is 4.56. The maximum atomic E-state index is 11.2. The second-order valence-corrected chi connectivity index (χ2v) is 5.54. The van der Waals surface area contributed by atoms with E-state index in [1.54, 1.807) is 0 Å². The maximum absolute atomic E-state index is 11.2. The van der Waals surface area contributed by atoms with Gasteiger partial charge in [0.1, 0.15) is 9.84 Å². The zero-order valence-electron chi connectivity index (χ0n) is 9.02. The Hall–Kier alpha value is -0.660. The molecular formula is C8H18N2O4S. The highest BCUT2D eigenvalue weighted by molar-refractivity contribution is 7.90. The average molecular weight is 238 g/mol. The minimum absolute atomic E-state index is 0.0565. The highest BCUT2D eigenvalue weighted by atomic mass is 32.2. The van der Waals surface area contributed by atoms with Crippen molar-refractivity contribution in [2.45, 2.75) is 12.5 Å². The number of carbonyl (C=O) groups is 1. The molecule has 0 radical (unpaired) electrons. The van der Waals surface area contributed by atoms with E-state index in [2.05, 4.69) is 5.32 Å². The molecule has 0 saturated carbocycles. The molecular weight excluding hydrogens is 220 g/mol. The molecule has 0 heterocycles. The summed E-state index contributed by atoms with van der Waals surface area (Å²) in [6, 6.07) is 0. The molecule has 7 heteroatoms. The SMILES string of the molecule is COC(CN)CC(=O)NCCS(C)(=O)=O. The van der Waals surface area contributed by atoms with E-state index in [4.69, 9.17) is 10.5 Å². The van der Waals surface area contributed by atoms with Gasteiger partial charge in [0.15, 0.2) is 0 Å². The number of hydrogen-bond donors (Lipinski definition) is 2. The summed E-state index contributed by atoms with van der Waals surface area (Å²) in [4.78, 5) is 11.2. The van der Waals surface area contributed by atoms with E-state index in [-0.39, 0.29) is 37.3 Å². The number of sulfone groups is 1. The Balaban J connectivity index is 3.75. The molecule has 1 atom stereocenters. The van der Waals surface area contributed by atoms with Gasteiger partial charge in [-0.25, -0.2) is 8.42 Å². The van der Waals surface area contributed by atoms with Crippen molar-refractivity contribution in [2.24, 2.45) is 5.73 Å². The predicted molar refractivity (Wildman–Crippen MR) is 57.2 cm³/mol. The number of nitrogens with one attached hydrogen (secondary N) is 1. The van der Waals surface area contributed by atoms with Crippen molar-refractivity contribution in [3.8, 4) is 0 Å². The van der Waals surface area contributed by atoms with Gasteiger partial charge in [0, 0.05) is 26.5 Å². The van der Waals surface area contributed by atoms with Crippen LogP contribution in [0.2, 0.25) is 0 Å². The summed E-state index contributed by atoms with van der Waals surface area (Å²) >= 11 is 0. The Morgan fingerprint density at radius 1 is 1.53 bits per heavy atom. The molecule has 0 aliphatic rings. The second kappa shape index (κ2) is 6.76. The van der Waals surface area contributed by atoms with Gasteiger partial charge in [0.05, 0.1) is 18.3 Å². The molecule has 0 aromatic heterocycles. The average Bonchev–Trinajstić information content (AvgIpc) is 2.12. The van der Waals surface area contributed by atoms with Crippen LogP contribution in [-0.2, 0) is 19.4 Å². The van der Waals surface area contributed by atoms with Gasteiger partial charge in [-0.1, -0.05) is 0 Å². The van der Waals surface area contributed by atoms with E-state index in [1.807, 2.05) is 0 Å². The van der Waals surface area contributed by atoms with Crippen LogP contribution in [0.4, 0.5) is 0 Å². The first-order valence-corrected chi connectivity index (χ1v) is 6.62. The largest absolute Gasteiger partial charge is 0.380 e. The molecule has 0 rings (SSSR count). The summed E-state index contributed by atoms with van der Waals surface area (Å²) in [5.74, 6) is -0.310. The van der Waals surface area contributed by atoms with E-state index in [0.29, 0.717) is 0 Å². The van der Waals surface area contributed by atoms with Gasteiger partial charge in [-0.05, 0) is 0 Å². The number of ether oxygens (including phenoxy) is 1. The normalized spacial score (nSPS) is 13.5. The molecule has 0 aliphatic heterocycles. The molecule has 15 heavy (non-hydrogen) atoms. The van der Waals surface area contributed by atoms with Crippen molar-refractivity contribution in [3.63, 3.8) is 0 Å². The van der Waals surface area contributed by atoms with Crippen LogP contribution in [0.3, 0.4) is 0 Å². The van der Waals surface area contributed by atoms with E-state index in [9.17, 15) is 13.2 Å². The third-order valence-corrected chi connectivity index (χ3v) is 2.75. The minimum atomic E-state index is -3.03. The van der Waals surface area contributed by atoms with Crippen molar-refractivity contribution in [2.75, 3.05) is 32.2 Å². The summed E-state index contributed by atoms with van der Waals surface area (Å²) < 4.78 is 26.4. The fraction of sp³-hybridized carbons (Fsp3) is 0.875. The quantitative estimate of drug-likeness (QED) is 0.563. The third kappa shape index (κ3) is 8.34. The topological polar surface area (TPSA) is 98.5 Å². The first-order chi connectivity index (χ1) is 6.89. The summed E-state index contributed by atoms with van der Waals surface area (Å²) in [7, 11) is -1.56. The molecule has 0 aromatic rings. The van der Waals surface area contributed by atoms with E-state index >= 15 is 0 Å². The molecule has 0 spiro atoms. The fourth-order valence-electron chi connectivity index (χ4n) is 0.918. The van der Waals surface area contributed by atoms with Crippen LogP contribution in [-0.4, -0.2) is 52.6 Å². The van der Waals surface area contributed by atoms with Crippen molar-refractivity contribution in [3.05, 3.63) is 0 Å². The summed E-state index contributed by atoms with van der Waals surface area (Å²) in [6.07, 6.45) is 0.955. The van der Waals surface area contributed by atoms with Crippen LogP contribution >= 0.6 is 0 Å². The molecule has 0 aromatic carbocycles. The maximum Gasteiger partial charge on any atom is 0.222 e. The van der Waals surface area contributed by atoms with Crippen LogP contribution in [0.1, 0.15) is 6.42 Å². The third-order valence-electron chi connectivity index (χ3n) is 1.80. The summed E-state index contributed by atoms with van der Waals surface area (Å²) in [5.41, 5.74) is 5.33. The van der Waals surface area contributed by atoms with Crippen LogP contribution in [0.15, 0.2) is 0 Å². The molecule has 1 amide bonds. The molecule has 3 N–H and O–H groups in total. The Labute approximate surface area is 90.1 Å². The Kier molecular flexibility index (Phi) is 6.46. The molecule has 0 saturated heterocycles. The highest BCUT2D eigenvalue weighted by Crippen LogP contribution is 1.94. The number of carbonyl (C=O) groups excluding carboxylic acids is 1. The Bertz CT molecular complexity index is 285. The summed E-state index contributed by atoms with van der Waals surface area (Å²) in [6.45, 7) is 0.384. The van der Waals surface area contributed by atoms with E-state index in [1.165, 1.54) is 7.11 Å².